The summed E-state index contributed by atoms with van der Waals surface area (Å²) in [6.07, 6.45) is 4.52. The first-order valence-electron chi connectivity index (χ1n) is 11.5. The van der Waals surface area contributed by atoms with Gasteiger partial charge in [0, 0.05) is 32.2 Å². The number of alkyl carbamates (subject to hydrolysis) is 1. The topological polar surface area (TPSA) is 140 Å². The van der Waals surface area contributed by atoms with Gasteiger partial charge in [0.2, 0.25) is 5.95 Å². The number of nitrogens with one attached hydrogen (secondary N) is 1. The molecule has 0 unspecified atom stereocenters. The van der Waals surface area contributed by atoms with Crippen molar-refractivity contribution in [3.8, 4) is 0 Å². The molecule has 4 rings (SSSR count). The zero-order valence-electron chi connectivity index (χ0n) is 19.5. The van der Waals surface area contributed by atoms with Crippen LogP contribution in [0.25, 0.3) is 10.2 Å². The number of fused-ring (bicyclic) bond motifs is 1. The van der Waals surface area contributed by atoms with Gasteiger partial charge in [-0.25, -0.2) is 9.78 Å². The third-order valence-electron chi connectivity index (χ3n) is 5.94. The Hall–Kier alpha value is -2.82. The predicted octanol–water partition coefficient (Wildman–Crippen LogP) is 2.86. The number of piperidine rings is 2. The van der Waals surface area contributed by atoms with Gasteiger partial charge < -0.3 is 31.3 Å². The summed E-state index contributed by atoms with van der Waals surface area (Å²) in [4.78, 5) is 39.1. The van der Waals surface area contributed by atoms with Gasteiger partial charge in [-0.2, -0.15) is 4.98 Å². The van der Waals surface area contributed by atoms with Crippen LogP contribution in [0.5, 0.6) is 0 Å². The fourth-order valence-electron chi connectivity index (χ4n) is 4.35. The zero-order valence-corrected chi connectivity index (χ0v) is 20.3. The highest BCUT2D eigenvalue weighted by Gasteiger charge is 2.28. The zero-order chi connectivity index (χ0) is 23.8. The number of carbonyl (C=O) groups excluding carboxylic acids is 2. The van der Waals surface area contributed by atoms with Crippen molar-refractivity contribution < 1.29 is 14.3 Å². The quantitative estimate of drug-likeness (QED) is 0.613. The highest BCUT2D eigenvalue weighted by Crippen LogP contribution is 2.40. The van der Waals surface area contributed by atoms with Gasteiger partial charge in [0.05, 0.1) is 11.1 Å². The van der Waals surface area contributed by atoms with Crippen LogP contribution < -0.4 is 26.6 Å². The van der Waals surface area contributed by atoms with Crippen molar-refractivity contribution in [1.29, 1.82) is 0 Å². The van der Waals surface area contributed by atoms with Gasteiger partial charge in [0.25, 0.3) is 5.91 Å². The number of anilines is 3. The maximum Gasteiger partial charge on any atom is 0.407 e. The molecule has 0 aliphatic carbocycles. The number of nitrogen functional groups attached to an aromatic ring is 1. The Morgan fingerprint density at radius 1 is 1.06 bits per heavy atom. The minimum atomic E-state index is -0.546. The Morgan fingerprint density at radius 3 is 2.33 bits per heavy atom. The van der Waals surface area contributed by atoms with Gasteiger partial charge in [-0.05, 0) is 52.9 Å². The number of primary amides is 1. The minimum absolute atomic E-state index is 0.0419. The van der Waals surface area contributed by atoms with Crippen molar-refractivity contribution in [2.75, 3.05) is 41.7 Å². The normalized spacial score (nSPS) is 17.9. The molecule has 2 aromatic rings. The molecule has 2 aromatic heterocycles. The number of rotatable bonds is 4. The fourth-order valence-corrected chi connectivity index (χ4v) is 5.29. The van der Waals surface area contributed by atoms with E-state index in [4.69, 9.17) is 26.2 Å². The number of aromatic nitrogens is 2. The Labute approximate surface area is 197 Å². The minimum Gasteiger partial charge on any atom is -0.444 e. The Kier molecular flexibility index (Phi) is 6.51. The standard InChI is InChI=1S/C22H33N7O3S/c1-22(2,3)32-21(31)25-13-7-11-29(12-8-13)20-26-18(28-9-5-4-6-10-28)14-15(23)16(17(24)30)33-19(14)27-20/h13H,4-12,23H2,1-3H3,(H2,24,30)(H,25,31). The maximum absolute atomic E-state index is 12.1. The number of ether oxygens (including phenoxy) is 1. The number of hydrogen-bond acceptors (Lipinski definition) is 9. The van der Waals surface area contributed by atoms with Crippen molar-refractivity contribution in [2.45, 2.75) is 64.5 Å². The van der Waals surface area contributed by atoms with Crippen LogP contribution in [0, 0.1) is 0 Å². The van der Waals surface area contributed by atoms with Crippen LogP contribution in [-0.4, -0.2) is 59.8 Å². The molecule has 2 aliphatic heterocycles. The molecular weight excluding hydrogens is 442 g/mol. The highest BCUT2D eigenvalue weighted by molar-refractivity contribution is 7.21. The van der Waals surface area contributed by atoms with Gasteiger partial charge in [0.1, 0.15) is 21.1 Å². The smallest absolute Gasteiger partial charge is 0.407 e. The van der Waals surface area contributed by atoms with Crippen LogP contribution in [0.15, 0.2) is 0 Å². The van der Waals surface area contributed by atoms with E-state index in [9.17, 15) is 9.59 Å². The SMILES string of the molecule is CC(C)(C)OC(=O)NC1CCN(c2nc(N3CCCCC3)c3c(N)c(C(N)=O)sc3n2)CC1. The molecule has 180 valence electrons. The van der Waals surface area contributed by atoms with E-state index in [2.05, 4.69) is 15.1 Å². The number of carbonyl (C=O) groups is 2. The summed E-state index contributed by atoms with van der Waals surface area (Å²) in [5, 5.41) is 3.68. The van der Waals surface area contributed by atoms with E-state index in [-0.39, 0.29) is 12.1 Å². The Bertz CT molecular complexity index is 1030. The van der Waals surface area contributed by atoms with Crippen LogP contribution in [0.3, 0.4) is 0 Å². The summed E-state index contributed by atoms with van der Waals surface area (Å²) in [5.41, 5.74) is 11.7. The second-order valence-corrected chi connectivity index (χ2v) is 10.7. The van der Waals surface area contributed by atoms with E-state index in [0.717, 1.165) is 50.0 Å². The van der Waals surface area contributed by atoms with E-state index in [0.29, 0.717) is 34.4 Å². The number of amides is 2. The van der Waals surface area contributed by atoms with Crippen LogP contribution in [0.4, 0.5) is 22.2 Å². The van der Waals surface area contributed by atoms with E-state index >= 15 is 0 Å². The summed E-state index contributed by atoms with van der Waals surface area (Å²) >= 11 is 1.22. The second kappa shape index (κ2) is 9.20. The summed E-state index contributed by atoms with van der Waals surface area (Å²) in [6, 6.07) is 0.0419. The molecule has 0 saturated carbocycles. The van der Waals surface area contributed by atoms with E-state index in [1.54, 1.807) is 0 Å². The highest BCUT2D eigenvalue weighted by atomic mass is 32.1. The molecule has 4 heterocycles. The van der Waals surface area contributed by atoms with Gasteiger partial charge in [0.15, 0.2) is 0 Å². The third-order valence-corrected chi connectivity index (χ3v) is 7.05. The Balaban J connectivity index is 1.56. The molecule has 2 aliphatic rings. The summed E-state index contributed by atoms with van der Waals surface area (Å²) in [7, 11) is 0. The molecule has 0 bridgehead atoms. The first-order chi connectivity index (χ1) is 15.6. The third kappa shape index (κ3) is 5.23. The molecule has 2 saturated heterocycles. The van der Waals surface area contributed by atoms with Crippen LogP contribution in [-0.2, 0) is 4.74 Å². The number of hydrogen-bond donors (Lipinski definition) is 3. The molecule has 10 nitrogen and oxygen atoms in total. The number of nitrogens with two attached hydrogens (primary N) is 2. The number of nitrogens with zero attached hydrogens (tertiary/aromatic N) is 4. The molecule has 5 N–H and O–H groups in total. The summed E-state index contributed by atoms with van der Waals surface area (Å²) < 4.78 is 5.37. The van der Waals surface area contributed by atoms with E-state index in [1.807, 2.05) is 20.8 Å². The lowest BCUT2D eigenvalue weighted by Gasteiger charge is -2.34. The van der Waals surface area contributed by atoms with Crippen molar-refractivity contribution in [2.24, 2.45) is 5.73 Å². The lowest BCUT2D eigenvalue weighted by molar-refractivity contribution is 0.0497. The monoisotopic (exact) mass is 475 g/mol. The molecular formula is C22H33N7O3S. The molecule has 33 heavy (non-hydrogen) atoms. The van der Waals surface area contributed by atoms with Crippen molar-refractivity contribution in [3.63, 3.8) is 0 Å². The summed E-state index contributed by atoms with van der Waals surface area (Å²) in [5.74, 6) is 0.858. The molecule has 11 heteroatoms. The lowest BCUT2D eigenvalue weighted by atomic mass is 10.1. The van der Waals surface area contributed by atoms with Crippen LogP contribution in [0.1, 0.15) is 62.5 Å². The first kappa shape index (κ1) is 23.3. The summed E-state index contributed by atoms with van der Waals surface area (Å²) in [6.45, 7) is 8.75. The molecule has 0 atom stereocenters. The average molecular weight is 476 g/mol. The van der Waals surface area contributed by atoms with Gasteiger partial charge in [-0.1, -0.05) is 0 Å². The second-order valence-electron chi connectivity index (χ2n) is 9.69. The molecule has 0 spiro atoms. The van der Waals surface area contributed by atoms with Crippen LogP contribution >= 0.6 is 11.3 Å². The van der Waals surface area contributed by atoms with Crippen molar-refractivity contribution >= 4 is 51.0 Å². The first-order valence-corrected chi connectivity index (χ1v) is 12.3. The maximum atomic E-state index is 12.1. The van der Waals surface area contributed by atoms with E-state index in [1.165, 1.54) is 17.8 Å². The predicted molar refractivity (Wildman–Crippen MR) is 131 cm³/mol. The molecule has 2 fully saturated rings. The largest absolute Gasteiger partial charge is 0.444 e. The van der Waals surface area contributed by atoms with Gasteiger partial charge in [-0.15, -0.1) is 11.3 Å². The number of thiophene rings is 1. The van der Waals surface area contributed by atoms with Crippen molar-refractivity contribution in [1.82, 2.24) is 15.3 Å². The van der Waals surface area contributed by atoms with Gasteiger partial charge >= 0.3 is 6.09 Å². The van der Waals surface area contributed by atoms with E-state index < -0.39 is 11.5 Å². The van der Waals surface area contributed by atoms with Crippen LogP contribution in [0.2, 0.25) is 0 Å². The molecule has 0 aromatic carbocycles. The molecule has 2 amide bonds. The van der Waals surface area contributed by atoms with Gasteiger partial charge in [-0.3, -0.25) is 4.79 Å². The Morgan fingerprint density at radius 2 is 1.73 bits per heavy atom. The fraction of sp³-hybridized carbons (Fsp3) is 0.636. The average Bonchev–Trinajstić information content (AvgIpc) is 3.10. The van der Waals surface area contributed by atoms with Crippen molar-refractivity contribution in [3.05, 3.63) is 4.88 Å². The molecule has 0 radical (unpaired) electrons. The lowest BCUT2D eigenvalue weighted by Crippen LogP contribution is -2.46.